The van der Waals surface area contributed by atoms with Gasteiger partial charge in [-0.2, -0.15) is 0 Å². The molecule has 0 saturated heterocycles. The number of nitrogens with one attached hydrogen (secondary N) is 14. The topological polar surface area (TPSA) is 577 Å². The summed E-state index contributed by atoms with van der Waals surface area (Å²) in [5.41, 5.74) is 5.35. The molecule has 1 aliphatic carbocycles. The highest BCUT2D eigenvalue weighted by molar-refractivity contribution is 6.03. The molecule has 0 aliphatic heterocycles. The monoisotopic (exact) mass is 1610 g/mol. The zero-order valence-corrected chi connectivity index (χ0v) is 70.3. The van der Waals surface area contributed by atoms with Gasteiger partial charge in [-0.1, -0.05) is 65.8 Å². The second-order valence-corrected chi connectivity index (χ2v) is 34.3. The van der Waals surface area contributed by atoms with Gasteiger partial charge < -0.3 is 102 Å². The number of amides is 18. The second kappa shape index (κ2) is 42.1. The zero-order chi connectivity index (χ0) is 87.9. The van der Waals surface area contributed by atoms with E-state index in [0.717, 1.165) is 17.5 Å². The SMILES string of the molecule is CC(=O)N(CC(=O)N[C@@H](C)C(=O)NC(C)(C)C(=O)NC(C)(C)C(=O)N[C@@H](CC(C)C)C(=O)NC(C)(C)C(=O)N[C@@H](CCC(N)=O)C(=O)NC(C)(C)C(=O)NC(C)(C)C(=O)NC(C)(C)C(=O)N[C@@H](CCC(N)=O)C(=O)N[C@@H](CC(C)C)C(=O)NC(C)(C)C(=O)N[C@@H](CCC(N)=O)C(=O)N[C@H](CO)CC(C)C)C1CCc2ccccc21. The Bertz CT molecular complexity index is 3720. The van der Waals surface area contributed by atoms with Gasteiger partial charge in [-0.3, -0.25) is 86.3 Å². The van der Waals surface area contributed by atoms with Gasteiger partial charge in [0, 0.05) is 26.2 Å². The smallest absolute Gasteiger partial charge is 0.246 e. The first kappa shape index (κ1) is 99.7. The number of hydrogen-bond acceptors (Lipinski definition) is 19. The van der Waals surface area contributed by atoms with Gasteiger partial charge in [0.15, 0.2) is 0 Å². The fourth-order valence-corrected chi connectivity index (χ4v) is 11.9. The molecule has 18 amide bonds. The molecule has 8 atom stereocenters. The first-order chi connectivity index (χ1) is 52.1. The molecule has 1 aromatic carbocycles. The highest BCUT2D eigenvalue weighted by Crippen LogP contribution is 2.35. The van der Waals surface area contributed by atoms with Crippen LogP contribution in [0.15, 0.2) is 24.3 Å². The van der Waals surface area contributed by atoms with Crippen LogP contribution in [0.25, 0.3) is 0 Å². The number of rotatable bonds is 46. The van der Waals surface area contributed by atoms with E-state index in [1.807, 2.05) is 38.1 Å². The van der Waals surface area contributed by atoms with Crippen LogP contribution in [-0.4, -0.2) is 211 Å². The molecule has 2 rings (SSSR count). The van der Waals surface area contributed by atoms with Crippen LogP contribution in [0, 0.1) is 17.8 Å². The van der Waals surface area contributed by atoms with Crippen molar-refractivity contribution in [3.8, 4) is 0 Å². The predicted molar refractivity (Wildman–Crippen MR) is 420 cm³/mol. The number of primary amides is 3. The molecule has 21 N–H and O–H groups in total. The molecule has 37 heteroatoms. The van der Waals surface area contributed by atoms with Crippen LogP contribution >= 0.6 is 0 Å². The molecule has 1 aromatic rings. The summed E-state index contributed by atoms with van der Waals surface area (Å²) < 4.78 is 0. The minimum Gasteiger partial charge on any atom is -0.394 e. The van der Waals surface area contributed by atoms with Gasteiger partial charge in [-0.15, -0.1) is 0 Å². The Balaban J connectivity index is 2.24. The van der Waals surface area contributed by atoms with E-state index in [4.69, 9.17) is 17.2 Å². The van der Waals surface area contributed by atoms with E-state index >= 15 is 0 Å². The normalized spacial score (nSPS) is 15.1. The molecule has 0 aromatic heterocycles. The Morgan fingerprint density at radius 1 is 0.395 bits per heavy atom. The Labute approximate surface area is 668 Å². The van der Waals surface area contributed by atoms with Crippen LogP contribution in [0.3, 0.4) is 0 Å². The zero-order valence-electron chi connectivity index (χ0n) is 70.3. The third kappa shape index (κ3) is 31.9. The summed E-state index contributed by atoms with van der Waals surface area (Å²) in [6, 6.07) is -1.88. The standard InChI is InChI=1S/C77H128N18O19/c1-40(2)35-46(39-96)82-59(103)48(28-32-54(78)98)84-64(108)71(9,10)90-62(106)51(36-41(3)4)83-60(104)49(29-33-55(79)99)85-66(110)73(13,14)93-70(114)77(21,22)94-69(113)76(19,20)89-61(105)50(30-34-56(80)100)86-65(109)72(11,12)91-63(107)52(37-42(5)6)87-67(111)74(15,16)92-68(112)75(17,18)88-58(102)43(7)81-57(101)38-95(44(8)97)53-31-27-45-25-23-24-26-47(45)53/h23-26,40-43,46,48-53,96H,27-39H2,1-22H3,(H2,78,98)(H2,79,99)(H2,80,100)(H,81,101)(H,82,103)(H,83,104)(H,84,108)(H,85,110)(H,86,109)(H,87,111)(H,88,102)(H,89,105)(H,90,106)(H,91,107)(H,92,112)(H,93,114)(H,94,113)/t43-,46-,48-,49-,50-,51-,52-,53?/m0/s1. The van der Waals surface area contributed by atoms with Crippen LogP contribution in [0.1, 0.15) is 234 Å². The van der Waals surface area contributed by atoms with Crippen molar-refractivity contribution in [2.24, 2.45) is 35.0 Å². The number of benzene rings is 1. The number of nitrogens with zero attached hydrogens (tertiary/aromatic N) is 1. The molecule has 37 nitrogen and oxygen atoms in total. The molecular formula is C77H128N18O19. The number of hydrogen-bond donors (Lipinski definition) is 18. The number of aliphatic hydroxyl groups excluding tert-OH is 1. The van der Waals surface area contributed by atoms with E-state index in [-0.39, 0.29) is 61.9 Å². The molecule has 0 heterocycles. The van der Waals surface area contributed by atoms with E-state index in [1.54, 1.807) is 27.7 Å². The molecule has 1 unspecified atom stereocenters. The first-order valence-electron chi connectivity index (χ1n) is 38.3. The van der Waals surface area contributed by atoms with Crippen LogP contribution in [-0.2, 0) is 92.7 Å². The Morgan fingerprint density at radius 3 is 1.06 bits per heavy atom. The van der Waals surface area contributed by atoms with Crippen molar-refractivity contribution in [2.45, 2.75) is 310 Å². The lowest BCUT2D eigenvalue weighted by Crippen LogP contribution is -2.68. The van der Waals surface area contributed by atoms with Crippen molar-refractivity contribution in [1.29, 1.82) is 0 Å². The fourth-order valence-electron chi connectivity index (χ4n) is 11.9. The molecular weight excluding hydrogens is 1480 g/mol. The van der Waals surface area contributed by atoms with Crippen LogP contribution in [0.2, 0.25) is 0 Å². The molecule has 114 heavy (non-hydrogen) atoms. The maximum absolute atomic E-state index is 14.2. The molecule has 640 valence electrons. The fraction of sp³-hybridized carbons (Fsp3) is 0.688. The molecule has 0 spiro atoms. The van der Waals surface area contributed by atoms with Crippen molar-refractivity contribution >= 4 is 106 Å². The van der Waals surface area contributed by atoms with E-state index in [1.165, 1.54) is 116 Å². The summed E-state index contributed by atoms with van der Waals surface area (Å²) in [7, 11) is 0. The average Bonchev–Trinajstić information content (AvgIpc) is 1.67. The van der Waals surface area contributed by atoms with Gasteiger partial charge in [0.05, 0.1) is 18.7 Å². The van der Waals surface area contributed by atoms with E-state index in [9.17, 15) is 91.4 Å². The Hall–Kier alpha value is -10.4. The van der Waals surface area contributed by atoms with E-state index < -0.39 is 214 Å². The molecule has 0 fully saturated rings. The first-order valence-corrected chi connectivity index (χ1v) is 38.3. The number of carbonyl (C=O) groups is 18. The van der Waals surface area contributed by atoms with Crippen molar-refractivity contribution in [2.75, 3.05) is 13.2 Å². The maximum atomic E-state index is 14.2. The lowest BCUT2D eigenvalue weighted by atomic mass is 9.95. The lowest BCUT2D eigenvalue weighted by molar-refractivity contribution is -0.141. The van der Waals surface area contributed by atoms with Crippen molar-refractivity contribution in [3.05, 3.63) is 35.4 Å². The van der Waals surface area contributed by atoms with Crippen LogP contribution < -0.4 is 91.6 Å². The lowest BCUT2D eigenvalue weighted by Gasteiger charge is -2.36. The predicted octanol–water partition coefficient (Wildman–Crippen LogP) is -1.87. The van der Waals surface area contributed by atoms with Gasteiger partial charge in [0.2, 0.25) is 106 Å². The van der Waals surface area contributed by atoms with Crippen molar-refractivity contribution < 1.29 is 91.4 Å². The maximum Gasteiger partial charge on any atom is 0.246 e. The number of nitrogens with two attached hydrogens (primary N) is 3. The van der Waals surface area contributed by atoms with Gasteiger partial charge in [0.25, 0.3) is 0 Å². The summed E-state index contributed by atoms with van der Waals surface area (Å²) in [5, 5.41) is 45.8. The van der Waals surface area contributed by atoms with E-state index in [2.05, 4.69) is 74.4 Å². The molecule has 0 bridgehead atoms. The van der Waals surface area contributed by atoms with E-state index in [0.29, 0.717) is 12.8 Å². The summed E-state index contributed by atoms with van der Waals surface area (Å²) in [6.45, 7) is 30.8. The largest absolute Gasteiger partial charge is 0.394 e. The number of carbonyl (C=O) groups excluding carboxylic acids is 18. The van der Waals surface area contributed by atoms with Gasteiger partial charge >= 0.3 is 0 Å². The summed E-state index contributed by atoms with van der Waals surface area (Å²) in [4.78, 5) is 246. The minimum atomic E-state index is -1.94. The van der Waals surface area contributed by atoms with Gasteiger partial charge in [0.1, 0.15) is 81.6 Å². The molecule has 0 radical (unpaired) electrons. The minimum absolute atomic E-state index is 0.00295. The van der Waals surface area contributed by atoms with Crippen LogP contribution in [0.5, 0.6) is 0 Å². The summed E-state index contributed by atoms with van der Waals surface area (Å²) in [5.74, 6) is -15.8. The Kier molecular flexibility index (Phi) is 36.9. The highest BCUT2D eigenvalue weighted by Gasteiger charge is 2.46. The third-order valence-electron chi connectivity index (χ3n) is 18.9. The number of aliphatic hydroxyl groups is 1. The second-order valence-electron chi connectivity index (χ2n) is 34.3. The molecule has 1 aliphatic rings. The summed E-state index contributed by atoms with van der Waals surface area (Å²) in [6.07, 6.45) is -0.631. The Morgan fingerprint density at radius 2 is 0.702 bits per heavy atom. The van der Waals surface area contributed by atoms with Gasteiger partial charge in [-0.25, -0.2) is 0 Å². The summed E-state index contributed by atoms with van der Waals surface area (Å²) >= 11 is 0. The highest BCUT2D eigenvalue weighted by atomic mass is 16.3. The number of fused-ring (bicyclic) bond motifs is 1. The van der Waals surface area contributed by atoms with Gasteiger partial charge in [-0.05, 0) is 184 Å². The third-order valence-corrected chi connectivity index (χ3v) is 18.9. The number of aryl methyl sites for hydroxylation is 1. The van der Waals surface area contributed by atoms with Crippen molar-refractivity contribution in [3.63, 3.8) is 0 Å². The van der Waals surface area contributed by atoms with Crippen LogP contribution in [0.4, 0.5) is 0 Å². The average molecular weight is 1610 g/mol. The quantitative estimate of drug-likeness (QED) is 0.0340. The molecule has 0 saturated carbocycles. The van der Waals surface area contributed by atoms with Crippen molar-refractivity contribution in [1.82, 2.24) is 79.3 Å².